The quantitative estimate of drug-likeness (QED) is 0.0797. The Balaban J connectivity index is 4.71. The van der Waals surface area contributed by atoms with Gasteiger partial charge in [-0.05, 0) is 92.9 Å². The van der Waals surface area contributed by atoms with Crippen LogP contribution in [0.25, 0.3) is 0 Å². The highest BCUT2D eigenvalue weighted by Crippen LogP contribution is 2.20. The molecule has 0 aromatic heterocycles. The Labute approximate surface area is 232 Å². The third-order valence-corrected chi connectivity index (χ3v) is 5.62. The first-order valence-corrected chi connectivity index (χ1v) is 14.5. The second kappa shape index (κ2) is 19.7. The van der Waals surface area contributed by atoms with Crippen molar-refractivity contribution in [1.29, 1.82) is 0 Å². The van der Waals surface area contributed by atoms with Crippen LogP contribution in [0.5, 0.6) is 0 Å². The van der Waals surface area contributed by atoms with Crippen LogP contribution in [0.1, 0.15) is 132 Å². The van der Waals surface area contributed by atoms with Crippen molar-refractivity contribution in [3.8, 4) is 0 Å². The highest BCUT2D eigenvalue weighted by molar-refractivity contribution is 5.94. The molecule has 0 aliphatic rings. The minimum atomic E-state index is -1.15. The molecule has 0 unspecified atom stereocenters. The van der Waals surface area contributed by atoms with Gasteiger partial charge in [-0.2, -0.15) is 4.90 Å². The Morgan fingerprint density at radius 3 is 1.47 bits per heavy atom. The number of carbonyl (C=O) groups is 3. The second-order valence-electron chi connectivity index (χ2n) is 11.7. The lowest BCUT2D eigenvalue weighted by atomic mass is 10.1. The van der Waals surface area contributed by atoms with Gasteiger partial charge in [-0.1, -0.05) is 63.3 Å². The fraction of sp³-hybridized carbons (Fsp3) is 0.774. The summed E-state index contributed by atoms with van der Waals surface area (Å²) in [7, 11) is 1.23. The Kier molecular flexibility index (Phi) is 18.5. The predicted octanol–water partition coefficient (Wildman–Crippen LogP) is 8.90. The van der Waals surface area contributed by atoms with Crippen LogP contribution >= 0.6 is 0 Å². The first-order valence-electron chi connectivity index (χ1n) is 14.5. The fourth-order valence-corrected chi connectivity index (χ4v) is 3.73. The van der Waals surface area contributed by atoms with Gasteiger partial charge in [0.15, 0.2) is 0 Å². The summed E-state index contributed by atoms with van der Waals surface area (Å²) in [6.45, 7) is 12.4. The SMILES string of the molecule is CCCCCCCC/C=C\CCCC/C=C\CC[C@@H](C(=O)OC)N(C(=O)OC(C)(C)C)C(=O)OC(C)(C)C. The number of nitrogens with zero attached hydrogens (tertiary/aromatic N) is 1. The molecule has 220 valence electrons. The molecule has 7 heteroatoms. The molecule has 0 aromatic rings. The van der Waals surface area contributed by atoms with E-state index in [4.69, 9.17) is 14.2 Å². The molecule has 1 atom stereocenters. The number of esters is 1. The van der Waals surface area contributed by atoms with E-state index in [1.54, 1.807) is 41.5 Å². The summed E-state index contributed by atoms with van der Waals surface area (Å²) in [6.07, 6.45) is 20.9. The molecule has 0 heterocycles. The van der Waals surface area contributed by atoms with Gasteiger partial charge in [-0.15, -0.1) is 0 Å². The Hall–Kier alpha value is -2.31. The van der Waals surface area contributed by atoms with Crippen molar-refractivity contribution >= 4 is 18.2 Å². The van der Waals surface area contributed by atoms with Crippen molar-refractivity contribution in [2.24, 2.45) is 0 Å². The highest BCUT2D eigenvalue weighted by atomic mass is 16.6. The monoisotopic (exact) mass is 537 g/mol. The molecular formula is C31H55NO6. The number of ether oxygens (including phenoxy) is 3. The lowest BCUT2D eigenvalue weighted by Gasteiger charge is -2.32. The Morgan fingerprint density at radius 2 is 1.05 bits per heavy atom. The molecule has 0 aromatic carbocycles. The molecule has 2 amide bonds. The van der Waals surface area contributed by atoms with Gasteiger partial charge < -0.3 is 14.2 Å². The zero-order valence-electron chi connectivity index (χ0n) is 25.5. The lowest BCUT2D eigenvalue weighted by Crippen LogP contribution is -2.52. The van der Waals surface area contributed by atoms with Crippen LogP contribution < -0.4 is 0 Å². The molecule has 7 nitrogen and oxygen atoms in total. The number of carbonyl (C=O) groups excluding carboxylic acids is 3. The predicted molar refractivity (Wildman–Crippen MR) is 154 cm³/mol. The molecule has 0 radical (unpaired) electrons. The van der Waals surface area contributed by atoms with Gasteiger partial charge in [0.1, 0.15) is 17.2 Å². The van der Waals surface area contributed by atoms with Crippen molar-refractivity contribution in [3.63, 3.8) is 0 Å². The second-order valence-corrected chi connectivity index (χ2v) is 11.7. The topological polar surface area (TPSA) is 82.1 Å². The third-order valence-electron chi connectivity index (χ3n) is 5.62. The number of imide groups is 1. The number of rotatable bonds is 17. The van der Waals surface area contributed by atoms with E-state index in [1.807, 2.05) is 6.08 Å². The smallest absolute Gasteiger partial charge is 0.420 e. The zero-order valence-corrected chi connectivity index (χ0v) is 25.5. The minimum absolute atomic E-state index is 0.211. The fourth-order valence-electron chi connectivity index (χ4n) is 3.73. The van der Waals surface area contributed by atoms with Crippen LogP contribution in [-0.2, 0) is 19.0 Å². The van der Waals surface area contributed by atoms with E-state index in [-0.39, 0.29) is 6.42 Å². The standard InChI is InChI=1S/C31H55NO6/c1-9-10-11-12-13-14-15-16-17-18-19-20-21-22-23-24-25-26(27(33)36-8)32(28(34)37-30(2,3)4)29(35)38-31(5,6)7/h16-17,22-23,26H,9-15,18-21,24-25H2,1-8H3/b17-16-,23-22-/t26-/m0/s1. The maximum Gasteiger partial charge on any atom is 0.420 e. The molecule has 0 bridgehead atoms. The normalized spacial score (nSPS) is 13.1. The number of methoxy groups -OCH3 is 1. The maximum absolute atomic E-state index is 12.9. The zero-order chi connectivity index (χ0) is 29.0. The molecule has 0 saturated carbocycles. The van der Waals surface area contributed by atoms with Gasteiger partial charge in [-0.25, -0.2) is 14.4 Å². The molecule has 0 aliphatic heterocycles. The third kappa shape index (κ3) is 18.9. The Bertz CT molecular complexity index is 702. The van der Waals surface area contributed by atoms with Crippen LogP contribution in [0.2, 0.25) is 0 Å². The van der Waals surface area contributed by atoms with Crippen LogP contribution in [0.4, 0.5) is 9.59 Å². The van der Waals surface area contributed by atoms with Crippen LogP contribution in [0, 0.1) is 0 Å². The van der Waals surface area contributed by atoms with Gasteiger partial charge in [-0.3, -0.25) is 0 Å². The summed E-state index contributed by atoms with van der Waals surface area (Å²) >= 11 is 0. The number of hydrogen-bond donors (Lipinski definition) is 0. The molecule has 0 rings (SSSR count). The average molecular weight is 538 g/mol. The van der Waals surface area contributed by atoms with E-state index < -0.39 is 35.4 Å². The van der Waals surface area contributed by atoms with Gasteiger partial charge in [0.05, 0.1) is 7.11 Å². The number of hydrogen-bond acceptors (Lipinski definition) is 6. The minimum Gasteiger partial charge on any atom is -0.467 e. The molecular weight excluding hydrogens is 482 g/mol. The molecule has 0 saturated heterocycles. The van der Waals surface area contributed by atoms with Crippen molar-refractivity contribution in [2.45, 2.75) is 149 Å². The summed E-state index contributed by atoms with van der Waals surface area (Å²) < 4.78 is 15.7. The van der Waals surface area contributed by atoms with Gasteiger partial charge in [0.2, 0.25) is 0 Å². The van der Waals surface area contributed by atoms with E-state index >= 15 is 0 Å². The molecule has 0 fully saturated rings. The van der Waals surface area contributed by atoms with E-state index in [0.717, 1.165) is 30.6 Å². The summed E-state index contributed by atoms with van der Waals surface area (Å²) in [5.41, 5.74) is -1.69. The van der Waals surface area contributed by atoms with Crippen LogP contribution in [-0.4, -0.2) is 47.4 Å². The molecule has 0 spiro atoms. The van der Waals surface area contributed by atoms with Crippen molar-refractivity contribution in [2.75, 3.05) is 7.11 Å². The first kappa shape index (κ1) is 35.7. The number of amides is 2. The Morgan fingerprint density at radius 1 is 0.658 bits per heavy atom. The van der Waals surface area contributed by atoms with Gasteiger partial charge >= 0.3 is 18.2 Å². The van der Waals surface area contributed by atoms with Gasteiger partial charge in [0.25, 0.3) is 0 Å². The highest BCUT2D eigenvalue weighted by Gasteiger charge is 2.40. The summed E-state index contributed by atoms with van der Waals surface area (Å²) in [5, 5.41) is 0. The van der Waals surface area contributed by atoms with Crippen molar-refractivity contribution in [3.05, 3.63) is 24.3 Å². The molecule has 0 aliphatic carbocycles. The van der Waals surface area contributed by atoms with Crippen molar-refractivity contribution < 1.29 is 28.6 Å². The van der Waals surface area contributed by atoms with Crippen LogP contribution in [0.15, 0.2) is 24.3 Å². The summed E-state index contributed by atoms with van der Waals surface area (Å²) in [4.78, 5) is 39.1. The maximum atomic E-state index is 12.9. The van der Waals surface area contributed by atoms with E-state index in [2.05, 4.69) is 25.2 Å². The molecule has 38 heavy (non-hydrogen) atoms. The first-order chi connectivity index (χ1) is 17.8. The van der Waals surface area contributed by atoms with E-state index in [9.17, 15) is 14.4 Å². The largest absolute Gasteiger partial charge is 0.467 e. The van der Waals surface area contributed by atoms with Crippen molar-refractivity contribution in [1.82, 2.24) is 4.90 Å². The summed E-state index contributed by atoms with van der Waals surface area (Å²) in [6, 6.07) is -1.15. The summed E-state index contributed by atoms with van der Waals surface area (Å²) in [5.74, 6) is -0.692. The van der Waals surface area contributed by atoms with E-state index in [1.165, 1.54) is 52.1 Å². The number of allylic oxidation sites excluding steroid dienone is 4. The average Bonchev–Trinajstić information content (AvgIpc) is 2.80. The lowest BCUT2D eigenvalue weighted by molar-refractivity contribution is -0.146. The van der Waals surface area contributed by atoms with Gasteiger partial charge in [0, 0.05) is 0 Å². The molecule has 0 N–H and O–H groups in total. The number of unbranched alkanes of at least 4 members (excludes halogenated alkanes) is 9. The van der Waals surface area contributed by atoms with E-state index in [0.29, 0.717) is 6.42 Å². The van der Waals surface area contributed by atoms with Crippen LogP contribution in [0.3, 0.4) is 0 Å².